The lowest BCUT2D eigenvalue weighted by Gasteiger charge is -1.80. The zero-order valence-electron chi connectivity index (χ0n) is 6.22. The van der Waals surface area contributed by atoms with Crippen LogP contribution in [0.25, 0.3) is 0 Å². The molecule has 0 aliphatic rings. The Morgan fingerprint density at radius 2 is 2.64 bits per heavy atom. The number of aryl methyl sites for hydroxylation is 1. The number of aromatic amines is 1. The van der Waals surface area contributed by atoms with E-state index in [1.807, 2.05) is 6.92 Å². The second-order valence-corrected chi connectivity index (χ2v) is 2.05. The minimum absolute atomic E-state index is 0.270. The normalized spacial score (nSPS) is 8.45. The zero-order valence-corrected chi connectivity index (χ0v) is 6.22. The van der Waals surface area contributed by atoms with Gasteiger partial charge in [0.25, 0.3) is 0 Å². The maximum atomic E-state index is 9.89. The molecule has 0 aliphatic heterocycles. The monoisotopic (exact) mass is 148 g/mol. The maximum Gasteiger partial charge on any atom is 0.133 e. The Balaban J connectivity index is 2.72. The van der Waals surface area contributed by atoms with Gasteiger partial charge in [-0.2, -0.15) is 0 Å². The fourth-order valence-corrected chi connectivity index (χ4v) is 0.661. The van der Waals surface area contributed by atoms with Crippen molar-refractivity contribution in [2.45, 2.75) is 13.3 Å². The van der Waals surface area contributed by atoms with Crippen LogP contribution in [-0.4, -0.2) is 16.3 Å². The van der Waals surface area contributed by atoms with Crippen molar-refractivity contribution in [3.05, 3.63) is 17.7 Å². The molecule has 0 aromatic carbocycles. The third kappa shape index (κ3) is 1.94. The van der Waals surface area contributed by atoms with Crippen LogP contribution in [0.1, 0.15) is 17.8 Å². The second-order valence-electron chi connectivity index (χ2n) is 2.05. The highest BCUT2D eigenvalue weighted by atomic mass is 16.1. The first-order valence-corrected chi connectivity index (χ1v) is 3.27. The molecular weight excluding hydrogens is 140 g/mol. The number of hydrogen-bond acceptors (Lipinski definition) is 2. The van der Waals surface area contributed by atoms with Crippen molar-refractivity contribution in [1.82, 2.24) is 9.97 Å². The summed E-state index contributed by atoms with van der Waals surface area (Å²) in [5.41, 5.74) is 1.65. The number of imidazole rings is 1. The first-order chi connectivity index (χ1) is 5.34. The molecule has 0 unspecified atom stereocenters. The van der Waals surface area contributed by atoms with E-state index in [4.69, 9.17) is 0 Å². The van der Waals surface area contributed by atoms with E-state index < -0.39 is 0 Å². The molecule has 0 amide bonds. The maximum absolute atomic E-state index is 9.89. The molecule has 0 aliphatic carbocycles. The van der Waals surface area contributed by atoms with E-state index in [9.17, 15) is 4.79 Å². The first-order valence-electron chi connectivity index (χ1n) is 3.27. The number of rotatable bonds is 1. The summed E-state index contributed by atoms with van der Waals surface area (Å²) in [6, 6.07) is 0. The van der Waals surface area contributed by atoms with Gasteiger partial charge < -0.3 is 9.78 Å². The largest absolute Gasteiger partial charge is 0.348 e. The second kappa shape index (κ2) is 3.57. The molecule has 1 aromatic rings. The summed E-state index contributed by atoms with van der Waals surface area (Å²) in [4.78, 5) is 16.7. The fraction of sp³-hybridized carbons (Fsp3) is 0.250. The molecule has 0 bridgehead atoms. The molecule has 0 radical (unpaired) electrons. The number of aldehydes is 1. The van der Waals surface area contributed by atoms with Gasteiger partial charge in [-0.25, -0.2) is 4.98 Å². The van der Waals surface area contributed by atoms with Crippen molar-refractivity contribution < 1.29 is 4.79 Å². The van der Waals surface area contributed by atoms with E-state index in [1.54, 1.807) is 6.33 Å². The molecule has 0 fully saturated rings. The molecule has 0 saturated carbocycles. The molecule has 3 nitrogen and oxygen atoms in total. The quantitative estimate of drug-likeness (QED) is 0.469. The van der Waals surface area contributed by atoms with Crippen molar-refractivity contribution in [2.24, 2.45) is 0 Å². The number of nitrogens with zero attached hydrogens (tertiary/aromatic N) is 1. The van der Waals surface area contributed by atoms with E-state index in [-0.39, 0.29) is 6.42 Å². The van der Waals surface area contributed by atoms with Gasteiger partial charge >= 0.3 is 0 Å². The van der Waals surface area contributed by atoms with Crippen LogP contribution in [0, 0.1) is 18.8 Å². The molecule has 3 heteroatoms. The molecule has 1 N–H and O–H groups in total. The van der Waals surface area contributed by atoms with Crippen molar-refractivity contribution in [1.29, 1.82) is 0 Å². The number of aromatic nitrogens is 2. The van der Waals surface area contributed by atoms with Crippen LogP contribution in [0.5, 0.6) is 0 Å². The Morgan fingerprint density at radius 1 is 1.82 bits per heavy atom. The van der Waals surface area contributed by atoms with Gasteiger partial charge in [-0.1, -0.05) is 5.92 Å². The highest BCUT2D eigenvalue weighted by molar-refractivity contribution is 5.54. The Morgan fingerprint density at radius 3 is 3.18 bits per heavy atom. The number of hydrogen-bond donors (Lipinski definition) is 1. The van der Waals surface area contributed by atoms with Crippen LogP contribution in [0.2, 0.25) is 0 Å². The minimum atomic E-state index is 0.270. The molecule has 1 aromatic heterocycles. The van der Waals surface area contributed by atoms with Crippen LogP contribution in [0.3, 0.4) is 0 Å². The summed E-state index contributed by atoms with van der Waals surface area (Å²) in [7, 11) is 0. The molecule has 1 heterocycles. The van der Waals surface area contributed by atoms with Crippen molar-refractivity contribution in [2.75, 3.05) is 0 Å². The Kier molecular flexibility index (Phi) is 2.45. The standard InChI is InChI=1S/C8H8N2O/c1-7-8(10-6-9-7)4-2-3-5-11/h5-6H,3H2,1H3,(H,9,10). The van der Waals surface area contributed by atoms with Crippen molar-refractivity contribution in [3.8, 4) is 11.8 Å². The average molecular weight is 148 g/mol. The van der Waals surface area contributed by atoms with Gasteiger partial charge in [-0.05, 0) is 12.8 Å². The molecule has 0 atom stereocenters. The van der Waals surface area contributed by atoms with Gasteiger partial charge in [0.1, 0.15) is 12.0 Å². The third-order valence-corrected chi connectivity index (χ3v) is 1.22. The van der Waals surface area contributed by atoms with Crippen LogP contribution in [0.15, 0.2) is 6.33 Å². The number of carbonyl (C=O) groups is 1. The third-order valence-electron chi connectivity index (χ3n) is 1.22. The van der Waals surface area contributed by atoms with E-state index in [1.165, 1.54) is 0 Å². The van der Waals surface area contributed by atoms with E-state index in [2.05, 4.69) is 21.8 Å². The molecular formula is C8H8N2O. The van der Waals surface area contributed by atoms with Crippen LogP contribution < -0.4 is 0 Å². The van der Waals surface area contributed by atoms with Crippen LogP contribution >= 0.6 is 0 Å². The summed E-state index contributed by atoms with van der Waals surface area (Å²) in [5.74, 6) is 5.45. The Hall–Kier alpha value is -1.56. The van der Waals surface area contributed by atoms with Gasteiger partial charge in [0.2, 0.25) is 0 Å². The molecule has 1 rings (SSSR count). The Labute approximate surface area is 64.8 Å². The van der Waals surface area contributed by atoms with Crippen LogP contribution in [0.4, 0.5) is 0 Å². The van der Waals surface area contributed by atoms with Gasteiger partial charge in [-0.3, -0.25) is 0 Å². The smallest absolute Gasteiger partial charge is 0.133 e. The summed E-state index contributed by atoms with van der Waals surface area (Å²) in [6.07, 6.45) is 2.63. The average Bonchev–Trinajstić information content (AvgIpc) is 2.37. The van der Waals surface area contributed by atoms with Gasteiger partial charge in [0, 0.05) is 5.69 Å². The van der Waals surface area contributed by atoms with Gasteiger partial charge in [0.15, 0.2) is 0 Å². The number of H-pyrrole nitrogens is 1. The van der Waals surface area contributed by atoms with Crippen molar-refractivity contribution in [3.63, 3.8) is 0 Å². The summed E-state index contributed by atoms with van der Waals surface area (Å²) < 4.78 is 0. The summed E-state index contributed by atoms with van der Waals surface area (Å²) in [6.45, 7) is 1.89. The highest BCUT2D eigenvalue weighted by Gasteiger charge is 1.92. The molecule has 0 spiro atoms. The fourth-order valence-electron chi connectivity index (χ4n) is 0.661. The summed E-state index contributed by atoms with van der Waals surface area (Å²) >= 11 is 0. The minimum Gasteiger partial charge on any atom is -0.348 e. The van der Waals surface area contributed by atoms with E-state index in [0.717, 1.165) is 12.0 Å². The van der Waals surface area contributed by atoms with Gasteiger partial charge in [0.05, 0.1) is 12.7 Å². The molecule has 0 saturated heterocycles. The first kappa shape index (κ1) is 7.55. The zero-order chi connectivity index (χ0) is 8.10. The topological polar surface area (TPSA) is 45.8 Å². The van der Waals surface area contributed by atoms with Crippen LogP contribution in [-0.2, 0) is 4.79 Å². The highest BCUT2D eigenvalue weighted by Crippen LogP contribution is 1.96. The Bertz CT molecular complexity index is 303. The lowest BCUT2D eigenvalue weighted by molar-refractivity contribution is -0.107. The molecule has 56 valence electrons. The number of nitrogens with one attached hydrogen (secondary N) is 1. The van der Waals surface area contributed by atoms with E-state index in [0.29, 0.717) is 5.69 Å². The lowest BCUT2D eigenvalue weighted by Crippen LogP contribution is -1.77. The predicted octanol–water partition coefficient (Wildman–Crippen LogP) is 0.659. The number of carbonyl (C=O) groups excluding carboxylic acids is 1. The predicted molar refractivity (Wildman–Crippen MR) is 40.9 cm³/mol. The summed E-state index contributed by atoms with van der Waals surface area (Å²) in [5, 5.41) is 0. The lowest BCUT2D eigenvalue weighted by atomic mass is 10.3. The SMILES string of the molecule is Cc1[nH]cnc1C#CCC=O. The van der Waals surface area contributed by atoms with E-state index >= 15 is 0 Å². The van der Waals surface area contributed by atoms with Crippen molar-refractivity contribution >= 4 is 6.29 Å². The molecule has 11 heavy (non-hydrogen) atoms. The van der Waals surface area contributed by atoms with Gasteiger partial charge in [-0.15, -0.1) is 0 Å².